The Morgan fingerprint density at radius 1 is 1.33 bits per heavy atom. The van der Waals surface area contributed by atoms with Crippen LogP contribution in [-0.2, 0) is 16.8 Å². The molecule has 3 rings (SSSR count). The molecule has 1 amide bonds. The third-order valence-corrected chi connectivity index (χ3v) is 4.45. The van der Waals surface area contributed by atoms with Crippen LogP contribution in [0.3, 0.4) is 0 Å². The van der Waals surface area contributed by atoms with Gasteiger partial charge in [0, 0.05) is 18.5 Å². The van der Waals surface area contributed by atoms with Gasteiger partial charge in [0.25, 0.3) is 0 Å². The Morgan fingerprint density at radius 2 is 2.00 bits per heavy atom. The minimum Gasteiger partial charge on any atom is -0.334 e. The number of benzene rings is 1. The Morgan fingerprint density at radius 3 is 2.57 bits per heavy atom. The summed E-state index contributed by atoms with van der Waals surface area (Å²) in [5, 5.41) is 2.80. The van der Waals surface area contributed by atoms with Crippen LogP contribution in [0, 0.1) is 10.8 Å². The molecule has 1 aromatic carbocycles. The van der Waals surface area contributed by atoms with Gasteiger partial charge in [0.15, 0.2) is 0 Å². The third kappa shape index (κ3) is 2.30. The number of carbonyl (C=O) groups excluding carboxylic acids is 1. The molecule has 2 fully saturated rings. The molecule has 0 N–H and O–H groups in total. The van der Waals surface area contributed by atoms with Crippen molar-refractivity contribution in [2.24, 2.45) is 11.1 Å². The lowest BCUT2D eigenvalue weighted by atomic mass is 9.94. The molecule has 0 radical (unpaired) electrons. The molecule has 4 nitrogen and oxygen atoms in total. The number of alkyl halides is 3. The van der Waals surface area contributed by atoms with Crippen LogP contribution in [-0.4, -0.2) is 30.1 Å². The van der Waals surface area contributed by atoms with E-state index in [1.807, 2.05) is 12.1 Å². The van der Waals surface area contributed by atoms with Crippen LogP contribution in [0.2, 0.25) is 0 Å². The third-order valence-electron chi connectivity index (χ3n) is 4.45. The summed E-state index contributed by atoms with van der Waals surface area (Å²) in [6, 6.07) is 7.16. The van der Waals surface area contributed by atoms with Crippen molar-refractivity contribution >= 4 is 5.91 Å². The van der Waals surface area contributed by atoms with Crippen molar-refractivity contribution in [3.8, 4) is 0 Å². The topological polar surface area (TPSA) is 49.7 Å². The Hall–Kier alpha value is -1.92. The predicted molar refractivity (Wildman–Crippen MR) is 68.4 cm³/mol. The SMILES string of the molecule is O=NCc1ccc(C23C[C@@H]2CN(C(=O)C(F)(F)F)C3)cc1. The van der Waals surface area contributed by atoms with Gasteiger partial charge in [-0.1, -0.05) is 29.4 Å². The number of hydrogen-bond donors (Lipinski definition) is 0. The summed E-state index contributed by atoms with van der Waals surface area (Å²) < 4.78 is 37.4. The number of hydrogen-bond acceptors (Lipinski definition) is 3. The normalized spacial score (nSPS) is 27.4. The number of likely N-dealkylation sites (tertiary alicyclic amines) is 1. The van der Waals surface area contributed by atoms with Gasteiger partial charge in [0.2, 0.25) is 0 Å². The van der Waals surface area contributed by atoms with E-state index in [-0.39, 0.29) is 31.0 Å². The molecule has 1 aliphatic carbocycles. The lowest BCUT2D eigenvalue weighted by Gasteiger charge is -2.22. The second kappa shape index (κ2) is 4.54. The summed E-state index contributed by atoms with van der Waals surface area (Å²) in [6.45, 7) is 0.354. The van der Waals surface area contributed by atoms with Crippen molar-refractivity contribution in [1.82, 2.24) is 4.90 Å². The molecule has 1 aliphatic heterocycles. The van der Waals surface area contributed by atoms with Gasteiger partial charge in [0.1, 0.15) is 6.54 Å². The average Bonchev–Trinajstić information content (AvgIpc) is 3.00. The fraction of sp³-hybridized carbons (Fsp3) is 0.500. The zero-order valence-corrected chi connectivity index (χ0v) is 11.1. The van der Waals surface area contributed by atoms with Crippen molar-refractivity contribution < 1.29 is 18.0 Å². The second-order valence-corrected chi connectivity index (χ2v) is 5.72. The van der Waals surface area contributed by atoms with Gasteiger partial charge in [-0.3, -0.25) is 4.79 Å². The number of rotatable bonds is 3. The first-order valence-corrected chi connectivity index (χ1v) is 6.61. The zero-order valence-electron chi connectivity index (χ0n) is 11.1. The first kappa shape index (κ1) is 14.0. The lowest BCUT2D eigenvalue weighted by molar-refractivity contribution is -0.184. The molecule has 2 atom stereocenters. The van der Waals surface area contributed by atoms with E-state index in [0.29, 0.717) is 0 Å². The summed E-state index contributed by atoms with van der Waals surface area (Å²) in [6.07, 6.45) is -4.00. The fourth-order valence-corrected chi connectivity index (χ4v) is 3.28. The molecule has 1 saturated heterocycles. The molecular weight excluding hydrogens is 285 g/mol. The summed E-state index contributed by atoms with van der Waals surface area (Å²) in [4.78, 5) is 22.4. The van der Waals surface area contributed by atoms with Crippen molar-refractivity contribution in [3.05, 3.63) is 40.3 Å². The lowest BCUT2D eigenvalue weighted by Crippen LogP contribution is -2.41. The highest BCUT2D eigenvalue weighted by molar-refractivity contribution is 5.82. The molecular formula is C14H13F3N2O2. The van der Waals surface area contributed by atoms with Gasteiger partial charge >= 0.3 is 12.1 Å². The van der Waals surface area contributed by atoms with Crippen molar-refractivity contribution in [1.29, 1.82) is 0 Å². The van der Waals surface area contributed by atoms with Crippen molar-refractivity contribution in [2.45, 2.75) is 24.6 Å². The van der Waals surface area contributed by atoms with E-state index in [1.165, 1.54) is 0 Å². The number of nitrogens with zero attached hydrogens (tertiary/aromatic N) is 2. The van der Waals surface area contributed by atoms with Crippen LogP contribution >= 0.6 is 0 Å². The van der Waals surface area contributed by atoms with Gasteiger partial charge in [-0.15, -0.1) is 0 Å². The highest BCUT2D eigenvalue weighted by Gasteiger charge is 2.63. The Balaban J connectivity index is 1.76. The monoisotopic (exact) mass is 298 g/mol. The molecule has 0 aromatic heterocycles. The Kier molecular flexibility index (Phi) is 3.04. The van der Waals surface area contributed by atoms with E-state index in [4.69, 9.17) is 0 Å². The molecule has 1 saturated carbocycles. The average molecular weight is 298 g/mol. The predicted octanol–water partition coefficient (Wildman–Crippen LogP) is 2.62. The summed E-state index contributed by atoms with van der Waals surface area (Å²) in [5.74, 6) is -1.66. The highest BCUT2D eigenvalue weighted by Crippen LogP contribution is 2.59. The van der Waals surface area contributed by atoms with Crippen LogP contribution in [0.4, 0.5) is 13.2 Å². The molecule has 21 heavy (non-hydrogen) atoms. The smallest absolute Gasteiger partial charge is 0.334 e. The minimum absolute atomic E-state index is 0.0788. The van der Waals surface area contributed by atoms with Gasteiger partial charge in [-0.25, -0.2) is 0 Å². The number of piperidine rings is 1. The summed E-state index contributed by atoms with van der Waals surface area (Å²) >= 11 is 0. The minimum atomic E-state index is -4.81. The molecule has 0 bridgehead atoms. The highest BCUT2D eigenvalue weighted by atomic mass is 19.4. The zero-order chi connectivity index (χ0) is 15.3. The Labute approximate surface area is 118 Å². The van der Waals surface area contributed by atoms with E-state index in [9.17, 15) is 22.9 Å². The number of halogens is 3. The van der Waals surface area contributed by atoms with Gasteiger partial charge < -0.3 is 4.90 Å². The van der Waals surface area contributed by atoms with E-state index >= 15 is 0 Å². The van der Waals surface area contributed by atoms with Crippen LogP contribution in [0.15, 0.2) is 29.4 Å². The first-order chi connectivity index (χ1) is 9.87. The Bertz CT molecular complexity index is 585. The van der Waals surface area contributed by atoms with Crippen LogP contribution in [0.5, 0.6) is 0 Å². The largest absolute Gasteiger partial charge is 0.471 e. The maximum atomic E-state index is 12.5. The van der Waals surface area contributed by atoms with E-state index in [1.54, 1.807) is 12.1 Å². The molecule has 1 heterocycles. The number of fused-ring (bicyclic) bond motifs is 1. The maximum absolute atomic E-state index is 12.5. The summed E-state index contributed by atoms with van der Waals surface area (Å²) in [5.41, 5.74) is 1.36. The molecule has 1 aromatic rings. The molecule has 2 aliphatic rings. The van der Waals surface area contributed by atoms with Gasteiger partial charge in [-0.2, -0.15) is 18.1 Å². The standard InChI is InChI=1S/C14H13F3N2O2/c15-14(16,17)12(20)19-7-11-5-13(11,8-19)10-3-1-9(2-4-10)6-18-21/h1-4,11H,5-8H2/t11-,13?/m1/s1. The van der Waals surface area contributed by atoms with Gasteiger partial charge in [0.05, 0.1) is 0 Å². The molecule has 1 unspecified atom stereocenters. The van der Waals surface area contributed by atoms with Crippen LogP contribution in [0.1, 0.15) is 17.5 Å². The number of amides is 1. The second-order valence-electron chi connectivity index (χ2n) is 5.72. The van der Waals surface area contributed by atoms with Crippen LogP contribution < -0.4 is 0 Å². The molecule has 7 heteroatoms. The van der Waals surface area contributed by atoms with E-state index in [0.717, 1.165) is 22.4 Å². The van der Waals surface area contributed by atoms with E-state index in [2.05, 4.69) is 5.18 Å². The molecule has 0 spiro atoms. The van der Waals surface area contributed by atoms with Gasteiger partial charge in [-0.05, 0) is 23.5 Å². The van der Waals surface area contributed by atoms with E-state index < -0.39 is 12.1 Å². The van der Waals surface area contributed by atoms with Crippen molar-refractivity contribution in [3.63, 3.8) is 0 Å². The van der Waals surface area contributed by atoms with Crippen molar-refractivity contribution in [2.75, 3.05) is 13.1 Å². The summed E-state index contributed by atoms with van der Waals surface area (Å²) in [7, 11) is 0. The number of nitroso groups, excluding NO2 is 1. The first-order valence-electron chi connectivity index (χ1n) is 6.61. The molecule has 112 valence electrons. The quantitative estimate of drug-likeness (QED) is 0.805. The number of carbonyl (C=O) groups is 1. The van der Waals surface area contributed by atoms with Crippen LogP contribution in [0.25, 0.3) is 0 Å². The fourth-order valence-electron chi connectivity index (χ4n) is 3.28. The maximum Gasteiger partial charge on any atom is 0.471 e.